The number of thiazole rings is 1. The van der Waals surface area contributed by atoms with E-state index in [0.29, 0.717) is 0 Å². The second kappa shape index (κ2) is 9.34. The topological polar surface area (TPSA) is 45.7 Å². The van der Waals surface area contributed by atoms with Gasteiger partial charge in [-0.25, -0.2) is 4.98 Å². The van der Waals surface area contributed by atoms with Crippen LogP contribution in [-0.2, 0) is 4.74 Å². The van der Waals surface area contributed by atoms with Crippen LogP contribution in [0.1, 0.15) is 40.9 Å². The third-order valence-electron chi connectivity index (χ3n) is 5.31. The molecular formula is C22H27N3O2S. The van der Waals surface area contributed by atoms with E-state index in [4.69, 9.17) is 4.74 Å². The number of allylic oxidation sites excluding steroid dienone is 1. The highest BCUT2D eigenvalue weighted by molar-refractivity contribution is 7.16. The molecule has 0 N–H and O–H groups in total. The van der Waals surface area contributed by atoms with Crippen LogP contribution in [0.25, 0.3) is 6.08 Å². The van der Waals surface area contributed by atoms with Crippen molar-refractivity contribution >= 4 is 34.0 Å². The number of morpholine rings is 1. The van der Waals surface area contributed by atoms with Crippen molar-refractivity contribution in [3.63, 3.8) is 0 Å². The number of aromatic nitrogens is 1. The zero-order chi connectivity index (χ0) is 19.2. The summed E-state index contributed by atoms with van der Waals surface area (Å²) in [7, 11) is 0. The molecular weight excluding hydrogens is 370 g/mol. The van der Waals surface area contributed by atoms with Gasteiger partial charge in [0, 0.05) is 48.5 Å². The van der Waals surface area contributed by atoms with Gasteiger partial charge in [0.05, 0.1) is 13.2 Å². The molecule has 0 atom stereocenters. The third kappa shape index (κ3) is 4.80. The molecule has 2 aromatic rings. The van der Waals surface area contributed by atoms with E-state index >= 15 is 0 Å². The van der Waals surface area contributed by atoms with Gasteiger partial charge in [-0.3, -0.25) is 4.79 Å². The van der Waals surface area contributed by atoms with Crippen molar-refractivity contribution < 1.29 is 9.53 Å². The van der Waals surface area contributed by atoms with Gasteiger partial charge in [-0.1, -0.05) is 24.2 Å². The molecule has 2 fully saturated rings. The largest absolute Gasteiger partial charge is 0.378 e. The van der Waals surface area contributed by atoms with Gasteiger partial charge in [0.1, 0.15) is 0 Å². The molecule has 2 aliphatic heterocycles. The van der Waals surface area contributed by atoms with Crippen LogP contribution >= 0.6 is 11.3 Å². The van der Waals surface area contributed by atoms with Crippen molar-refractivity contribution in [1.29, 1.82) is 0 Å². The standard InChI is InChI=1S/C22H27N3O2S/c26-21(10-9-20-17-23-22(28-20)25-13-15-27-16-14-25)18-5-7-19(8-6-18)24-11-3-1-2-4-12-24/h5-10,17H,1-4,11-16H2/b10-9-. The molecule has 5 nitrogen and oxygen atoms in total. The number of carbonyl (C=O) groups excluding carboxylic acids is 1. The van der Waals surface area contributed by atoms with Crippen molar-refractivity contribution in [2.45, 2.75) is 25.7 Å². The van der Waals surface area contributed by atoms with Crippen molar-refractivity contribution in [1.82, 2.24) is 4.98 Å². The molecule has 0 bridgehead atoms. The second-order valence-electron chi connectivity index (χ2n) is 7.29. The molecule has 1 aromatic heterocycles. The Morgan fingerprint density at radius 3 is 2.39 bits per heavy atom. The zero-order valence-corrected chi connectivity index (χ0v) is 17.0. The summed E-state index contributed by atoms with van der Waals surface area (Å²) in [5, 5.41) is 0.997. The first kappa shape index (κ1) is 19.2. The van der Waals surface area contributed by atoms with Crippen LogP contribution in [0.3, 0.4) is 0 Å². The van der Waals surface area contributed by atoms with Gasteiger partial charge in [-0.2, -0.15) is 0 Å². The monoisotopic (exact) mass is 397 g/mol. The van der Waals surface area contributed by atoms with Gasteiger partial charge in [-0.15, -0.1) is 0 Å². The maximum atomic E-state index is 12.5. The smallest absolute Gasteiger partial charge is 0.185 e. The van der Waals surface area contributed by atoms with Crippen LogP contribution < -0.4 is 9.80 Å². The molecule has 2 aliphatic rings. The SMILES string of the molecule is O=C(/C=C\c1cnc(N2CCOCC2)s1)c1ccc(N2CCCCCC2)cc1. The van der Waals surface area contributed by atoms with Gasteiger partial charge >= 0.3 is 0 Å². The van der Waals surface area contributed by atoms with E-state index in [-0.39, 0.29) is 5.78 Å². The molecule has 4 rings (SSSR count). The average Bonchev–Trinajstić information content (AvgIpc) is 3.06. The van der Waals surface area contributed by atoms with Crippen LogP contribution in [0.4, 0.5) is 10.8 Å². The minimum atomic E-state index is 0.0312. The summed E-state index contributed by atoms with van der Waals surface area (Å²) in [6.07, 6.45) is 10.5. The number of ketones is 1. The van der Waals surface area contributed by atoms with Crippen LogP contribution in [0, 0.1) is 0 Å². The van der Waals surface area contributed by atoms with Crippen molar-refractivity contribution in [2.24, 2.45) is 0 Å². The normalized spacial score (nSPS) is 18.4. The third-order valence-corrected chi connectivity index (χ3v) is 6.34. The molecule has 6 heteroatoms. The predicted molar refractivity (Wildman–Crippen MR) is 116 cm³/mol. The number of nitrogens with zero attached hydrogens (tertiary/aromatic N) is 3. The quantitative estimate of drug-likeness (QED) is 0.557. The Balaban J connectivity index is 1.37. The fourth-order valence-electron chi connectivity index (χ4n) is 3.67. The Kier molecular flexibility index (Phi) is 6.39. The maximum Gasteiger partial charge on any atom is 0.185 e. The first-order valence-corrected chi connectivity index (χ1v) is 11.0. The number of rotatable bonds is 5. The Hall–Kier alpha value is -2.18. The van der Waals surface area contributed by atoms with E-state index in [1.807, 2.05) is 24.4 Å². The first-order valence-electron chi connectivity index (χ1n) is 10.2. The summed E-state index contributed by atoms with van der Waals surface area (Å²) in [5.74, 6) is 0.0312. The van der Waals surface area contributed by atoms with E-state index in [9.17, 15) is 4.79 Å². The van der Waals surface area contributed by atoms with Crippen LogP contribution in [0.5, 0.6) is 0 Å². The van der Waals surface area contributed by atoms with E-state index in [1.165, 1.54) is 31.4 Å². The lowest BCUT2D eigenvalue weighted by Gasteiger charge is -2.25. The van der Waals surface area contributed by atoms with Gasteiger partial charge in [0.25, 0.3) is 0 Å². The van der Waals surface area contributed by atoms with Gasteiger partial charge < -0.3 is 14.5 Å². The molecule has 0 unspecified atom stereocenters. The van der Waals surface area contributed by atoms with Crippen LogP contribution in [-0.4, -0.2) is 50.2 Å². The summed E-state index contributed by atoms with van der Waals surface area (Å²) in [6, 6.07) is 8.04. The van der Waals surface area contributed by atoms with Gasteiger partial charge in [0.2, 0.25) is 0 Å². The number of hydrogen-bond acceptors (Lipinski definition) is 6. The minimum absolute atomic E-state index is 0.0312. The lowest BCUT2D eigenvalue weighted by molar-refractivity contribution is 0.104. The summed E-state index contributed by atoms with van der Waals surface area (Å²) in [4.78, 5) is 22.7. The highest BCUT2D eigenvalue weighted by Crippen LogP contribution is 2.25. The van der Waals surface area contributed by atoms with E-state index in [2.05, 4.69) is 26.9 Å². The zero-order valence-electron chi connectivity index (χ0n) is 16.2. The van der Waals surface area contributed by atoms with E-state index in [0.717, 1.165) is 55.0 Å². The predicted octanol–water partition coefficient (Wildman–Crippen LogP) is 4.26. The fourth-order valence-corrected chi connectivity index (χ4v) is 4.54. The minimum Gasteiger partial charge on any atom is -0.378 e. The Morgan fingerprint density at radius 2 is 1.68 bits per heavy atom. The summed E-state index contributed by atoms with van der Waals surface area (Å²) >= 11 is 1.61. The summed E-state index contributed by atoms with van der Waals surface area (Å²) in [6.45, 7) is 5.47. The lowest BCUT2D eigenvalue weighted by atomic mass is 10.1. The highest BCUT2D eigenvalue weighted by Gasteiger charge is 2.14. The molecule has 0 spiro atoms. The van der Waals surface area contributed by atoms with Crippen LogP contribution in [0.2, 0.25) is 0 Å². The molecule has 0 amide bonds. The van der Waals surface area contributed by atoms with Gasteiger partial charge in [-0.05, 0) is 49.3 Å². The average molecular weight is 398 g/mol. The molecule has 0 aliphatic carbocycles. The molecule has 28 heavy (non-hydrogen) atoms. The molecule has 0 saturated carbocycles. The number of anilines is 2. The summed E-state index contributed by atoms with van der Waals surface area (Å²) in [5.41, 5.74) is 1.95. The van der Waals surface area contributed by atoms with Gasteiger partial charge in [0.15, 0.2) is 10.9 Å². The first-order chi connectivity index (χ1) is 13.8. The second-order valence-corrected chi connectivity index (χ2v) is 8.33. The number of hydrogen-bond donors (Lipinski definition) is 0. The Labute approximate surface area is 170 Å². The fraction of sp³-hybridized carbons (Fsp3) is 0.455. The highest BCUT2D eigenvalue weighted by atomic mass is 32.1. The maximum absolute atomic E-state index is 12.5. The molecule has 148 valence electrons. The van der Waals surface area contributed by atoms with Crippen molar-refractivity contribution in [3.8, 4) is 0 Å². The number of carbonyl (C=O) groups is 1. The summed E-state index contributed by atoms with van der Waals surface area (Å²) < 4.78 is 5.38. The molecule has 0 radical (unpaired) electrons. The molecule has 2 saturated heterocycles. The Morgan fingerprint density at radius 1 is 0.964 bits per heavy atom. The number of benzene rings is 1. The Bertz CT molecular complexity index is 801. The molecule has 3 heterocycles. The molecule has 1 aromatic carbocycles. The lowest BCUT2D eigenvalue weighted by Crippen LogP contribution is -2.36. The number of ether oxygens (including phenoxy) is 1. The van der Waals surface area contributed by atoms with Crippen LogP contribution in [0.15, 0.2) is 36.5 Å². The van der Waals surface area contributed by atoms with E-state index < -0.39 is 0 Å². The van der Waals surface area contributed by atoms with Crippen molar-refractivity contribution in [3.05, 3.63) is 47.0 Å². The van der Waals surface area contributed by atoms with E-state index in [1.54, 1.807) is 17.4 Å². The van der Waals surface area contributed by atoms with Crippen molar-refractivity contribution in [2.75, 3.05) is 49.2 Å².